The number of tetrazole rings is 1. The van der Waals surface area contributed by atoms with Crippen LogP contribution < -0.4 is 0 Å². The van der Waals surface area contributed by atoms with E-state index in [4.69, 9.17) is 0 Å². The van der Waals surface area contributed by atoms with Gasteiger partial charge >= 0.3 is 5.97 Å². The zero-order valence-electron chi connectivity index (χ0n) is 11.2. The summed E-state index contributed by atoms with van der Waals surface area (Å²) in [7, 11) is 0. The van der Waals surface area contributed by atoms with Crippen molar-refractivity contribution in [1.29, 1.82) is 0 Å². The third-order valence-electron chi connectivity index (χ3n) is 3.07. The third-order valence-corrected chi connectivity index (χ3v) is 3.07. The lowest BCUT2D eigenvalue weighted by Gasteiger charge is -2.20. The van der Waals surface area contributed by atoms with Crippen LogP contribution in [0.25, 0.3) is 0 Å². The van der Waals surface area contributed by atoms with Crippen molar-refractivity contribution in [1.82, 2.24) is 20.2 Å². The van der Waals surface area contributed by atoms with Crippen LogP contribution in [0.1, 0.15) is 30.8 Å². The number of carboxylic acids is 1. The molecule has 2 rings (SSSR count). The first kappa shape index (κ1) is 13.2. The Balaban J connectivity index is 2.30. The Bertz CT molecular complexity index is 587. The van der Waals surface area contributed by atoms with E-state index in [-0.39, 0.29) is 0 Å². The Morgan fingerprint density at radius 3 is 2.53 bits per heavy atom. The number of carboxylic acid groups (broad SMARTS) is 1. The maximum atomic E-state index is 11.3. The molecule has 2 aromatic rings. The highest BCUT2D eigenvalue weighted by molar-refractivity contribution is 5.75. The molecule has 0 amide bonds. The second kappa shape index (κ2) is 4.79. The van der Waals surface area contributed by atoms with E-state index in [1.807, 2.05) is 31.2 Å². The summed E-state index contributed by atoms with van der Waals surface area (Å²) in [6.45, 7) is 5.16. The first-order valence-electron chi connectivity index (χ1n) is 5.98. The fraction of sp³-hybridized carbons (Fsp3) is 0.385. The summed E-state index contributed by atoms with van der Waals surface area (Å²) in [5.41, 5.74) is 1.06. The average molecular weight is 260 g/mol. The molecule has 100 valence electrons. The van der Waals surface area contributed by atoms with Crippen molar-refractivity contribution in [3.05, 3.63) is 41.2 Å². The van der Waals surface area contributed by atoms with E-state index in [0.29, 0.717) is 12.2 Å². The number of nitrogens with zero attached hydrogens (tertiary/aromatic N) is 4. The summed E-state index contributed by atoms with van der Waals surface area (Å²) in [6.07, 6.45) is 0.504. The van der Waals surface area contributed by atoms with Gasteiger partial charge in [0.15, 0.2) is 11.4 Å². The van der Waals surface area contributed by atoms with Crippen LogP contribution in [0.2, 0.25) is 0 Å². The number of rotatable bonds is 4. The molecule has 0 aliphatic rings. The standard InChI is InChI=1S/C13H16N4O2/c1-9-4-6-10(7-5-9)8-11-14-15-16-17(11)13(2,3)12(18)19/h4-7H,8H2,1-3H3,(H,18,19). The molecule has 0 unspecified atom stereocenters. The van der Waals surface area contributed by atoms with E-state index in [1.165, 1.54) is 10.2 Å². The van der Waals surface area contributed by atoms with Crippen LogP contribution in [0, 0.1) is 6.92 Å². The van der Waals surface area contributed by atoms with Crippen LogP contribution >= 0.6 is 0 Å². The van der Waals surface area contributed by atoms with Crippen molar-refractivity contribution in [3.63, 3.8) is 0 Å². The van der Waals surface area contributed by atoms with Gasteiger partial charge in [0.25, 0.3) is 0 Å². The second-order valence-electron chi connectivity index (χ2n) is 5.03. The smallest absolute Gasteiger partial charge is 0.331 e. The highest BCUT2D eigenvalue weighted by atomic mass is 16.4. The maximum absolute atomic E-state index is 11.3. The van der Waals surface area contributed by atoms with Crippen LogP contribution in [-0.4, -0.2) is 31.3 Å². The molecule has 1 aromatic carbocycles. The minimum Gasteiger partial charge on any atom is -0.479 e. The summed E-state index contributed by atoms with van der Waals surface area (Å²) in [5, 5.41) is 20.5. The van der Waals surface area contributed by atoms with Gasteiger partial charge in [0.1, 0.15) is 0 Å². The highest BCUT2D eigenvalue weighted by Crippen LogP contribution is 2.17. The molecule has 1 N–H and O–H groups in total. The van der Waals surface area contributed by atoms with Crippen molar-refractivity contribution in [2.24, 2.45) is 0 Å². The fourth-order valence-corrected chi connectivity index (χ4v) is 1.73. The lowest BCUT2D eigenvalue weighted by Crippen LogP contribution is -2.38. The topological polar surface area (TPSA) is 80.9 Å². The van der Waals surface area contributed by atoms with Gasteiger partial charge in [-0.25, -0.2) is 9.48 Å². The summed E-state index contributed by atoms with van der Waals surface area (Å²) in [6, 6.07) is 7.99. The van der Waals surface area contributed by atoms with Crippen LogP contribution in [0.3, 0.4) is 0 Å². The van der Waals surface area contributed by atoms with Crippen molar-refractivity contribution in [2.75, 3.05) is 0 Å². The number of carbonyl (C=O) groups is 1. The van der Waals surface area contributed by atoms with Gasteiger partial charge in [0, 0.05) is 6.42 Å². The lowest BCUT2D eigenvalue weighted by molar-refractivity contribution is -0.146. The van der Waals surface area contributed by atoms with Crippen LogP contribution in [0.15, 0.2) is 24.3 Å². The number of hydrogen-bond acceptors (Lipinski definition) is 4. The Morgan fingerprint density at radius 2 is 1.95 bits per heavy atom. The van der Waals surface area contributed by atoms with Crippen molar-refractivity contribution in [3.8, 4) is 0 Å². The van der Waals surface area contributed by atoms with Gasteiger partial charge in [-0.3, -0.25) is 0 Å². The molecule has 0 atom stereocenters. The van der Waals surface area contributed by atoms with E-state index >= 15 is 0 Å². The first-order chi connectivity index (χ1) is 8.91. The normalized spacial score (nSPS) is 11.5. The predicted octanol–water partition coefficient (Wildman–Crippen LogP) is 1.39. The molecule has 0 fully saturated rings. The molecule has 6 heteroatoms. The number of benzene rings is 1. The summed E-state index contributed by atoms with van der Waals surface area (Å²) in [5.74, 6) is -0.429. The number of aliphatic carboxylic acids is 1. The molecule has 0 radical (unpaired) electrons. The molecule has 0 aliphatic carbocycles. The summed E-state index contributed by atoms with van der Waals surface area (Å²) in [4.78, 5) is 11.3. The van der Waals surface area contributed by atoms with E-state index in [2.05, 4.69) is 15.5 Å². The van der Waals surface area contributed by atoms with Gasteiger partial charge in [-0.05, 0) is 36.8 Å². The summed E-state index contributed by atoms with van der Waals surface area (Å²) >= 11 is 0. The lowest BCUT2D eigenvalue weighted by atomic mass is 10.1. The number of aromatic nitrogens is 4. The molecule has 0 bridgehead atoms. The fourth-order valence-electron chi connectivity index (χ4n) is 1.73. The minimum atomic E-state index is -1.16. The Hall–Kier alpha value is -2.24. The largest absolute Gasteiger partial charge is 0.479 e. The number of aryl methyl sites for hydroxylation is 1. The second-order valence-corrected chi connectivity index (χ2v) is 5.03. The zero-order chi connectivity index (χ0) is 14.0. The quantitative estimate of drug-likeness (QED) is 0.898. The molecule has 0 spiro atoms. The number of hydrogen-bond donors (Lipinski definition) is 1. The minimum absolute atomic E-state index is 0.504. The van der Waals surface area contributed by atoms with Gasteiger partial charge in [-0.1, -0.05) is 29.8 Å². The molecule has 19 heavy (non-hydrogen) atoms. The predicted molar refractivity (Wildman–Crippen MR) is 68.8 cm³/mol. The first-order valence-corrected chi connectivity index (χ1v) is 5.98. The van der Waals surface area contributed by atoms with Crippen LogP contribution in [-0.2, 0) is 16.8 Å². The van der Waals surface area contributed by atoms with Gasteiger partial charge in [-0.15, -0.1) is 5.10 Å². The maximum Gasteiger partial charge on any atom is 0.331 e. The Labute approximate surface area is 111 Å². The molecule has 0 aliphatic heterocycles. The molecule has 0 saturated heterocycles. The van der Waals surface area contributed by atoms with Gasteiger partial charge in [-0.2, -0.15) is 0 Å². The zero-order valence-corrected chi connectivity index (χ0v) is 11.2. The van der Waals surface area contributed by atoms with E-state index in [9.17, 15) is 9.90 Å². The van der Waals surface area contributed by atoms with Crippen LogP contribution in [0.5, 0.6) is 0 Å². The third kappa shape index (κ3) is 2.62. The average Bonchev–Trinajstić information content (AvgIpc) is 2.80. The van der Waals surface area contributed by atoms with Crippen molar-refractivity contribution >= 4 is 5.97 Å². The van der Waals surface area contributed by atoms with E-state index < -0.39 is 11.5 Å². The van der Waals surface area contributed by atoms with Crippen molar-refractivity contribution < 1.29 is 9.90 Å². The molecule has 0 saturated carbocycles. The van der Waals surface area contributed by atoms with E-state index in [0.717, 1.165) is 5.56 Å². The molecule has 1 heterocycles. The molecular formula is C13H16N4O2. The summed E-state index contributed by atoms with van der Waals surface area (Å²) < 4.78 is 1.36. The molecular weight excluding hydrogens is 244 g/mol. The van der Waals surface area contributed by atoms with E-state index in [1.54, 1.807) is 13.8 Å². The van der Waals surface area contributed by atoms with Gasteiger partial charge in [0.2, 0.25) is 0 Å². The molecule has 1 aromatic heterocycles. The SMILES string of the molecule is Cc1ccc(Cc2nnnn2C(C)(C)C(=O)O)cc1. The van der Waals surface area contributed by atoms with Gasteiger partial charge < -0.3 is 5.11 Å². The monoisotopic (exact) mass is 260 g/mol. The van der Waals surface area contributed by atoms with Crippen LogP contribution in [0.4, 0.5) is 0 Å². The Morgan fingerprint density at radius 1 is 1.32 bits per heavy atom. The van der Waals surface area contributed by atoms with Gasteiger partial charge in [0.05, 0.1) is 0 Å². The Kier molecular flexibility index (Phi) is 3.33. The van der Waals surface area contributed by atoms with Crippen molar-refractivity contribution in [2.45, 2.75) is 32.7 Å². The highest BCUT2D eigenvalue weighted by Gasteiger charge is 2.33. The molecule has 6 nitrogen and oxygen atoms in total.